The standard InChI is InChI=1S/C15H14N4O7S/c20-12-4-1-10(14(21)7-12)8-16-18-15(22)9-17-27(25,26)13-5-2-11(3-6-13)19(23)24/h1-8,17,20-21H,9H2,(H,18,22)/b16-8-. The molecule has 4 N–H and O–H groups in total. The van der Waals surface area contributed by atoms with Crippen molar-refractivity contribution in [2.45, 2.75) is 4.90 Å². The van der Waals surface area contributed by atoms with Gasteiger partial charge in [-0.15, -0.1) is 0 Å². The summed E-state index contributed by atoms with van der Waals surface area (Å²) >= 11 is 0. The number of aromatic hydroxyl groups is 2. The lowest BCUT2D eigenvalue weighted by molar-refractivity contribution is -0.384. The van der Waals surface area contributed by atoms with Crippen LogP contribution >= 0.6 is 0 Å². The molecule has 0 aliphatic rings. The molecule has 0 radical (unpaired) electrons. The normalized spacial score (nSPS) is 11.4. The number of rotatable bonds is 7. The molecule has 0 bridgehead atoms. The second-order valence-corrected chi connectivity index (χ2v) is 6.88. The highest BCUT2D eigenvalue weighted by Crippen LogP contribution is 2.20. The van der Waals surface area contributed by atoms with E-state index >= 15 is 0 Å². The first-order valence-corrected chi connectivity index (χ1v) is 8.75. The highest BCUT2D eigenvalue weighted by atomic mass is 32.2. The molecule has 0 heterocycles. The Morgan fingerprint density at radius 2 is 1.85 bits per heavy atom. The van der Waals surface area contributed by atoms with Crippen molar-refractivity contribution in [2.75, 3.05) is 6.54 Å². The number of non-ortho nitro benzene ring substituents is 1. The van der Waals surface area contributed by atoms with Crippen molar-refractivity contribution in [1.82, 2.24) is 10.1 Å². The molecule has 2 aromatic carbocycles. The number of amides is 1. The maximum atomic E-state index is 12.0. The Morgan fingerprint density at radius 3 is 2.44 bits per heavy atom. The van der Waals surface area contributed by atoms with Gasteiger partial charge >= 0.3 is 0 Å². The maximum Gasteiger partial charge on any atom is 0.269 e. The SMILES string of the molecule is O=C(CNS(=O)(=O)c1ccc([N+](=O)[O-])cc1)N/N=C\c1ccc(O)cc1O. The van der Waals surface area contributed by atoms with Crippen molar-refractivity contribution < 1.29 is 28.3 Å². The fraction of sp³-hybridized carbons (Fsp3) is 0.0667. The molecule has 0 saturated heterocycles. The highest BCUT2D eigenvalue weighted by molar-refractivity contribution is 7.89. The molecule has 0 atom stereocenters. The van der Waals surface area contributed by atoms with Crippen LogP contribution in [0.1, 0.15) is 5.56 Å². The minimum atomic E-state index is -4.04. The summed E-state index contributed by atoms with van der Waals surface area (Å²) in [6.45, 7) is -0.627. The first-order chi connectivity index (χ1) is 12.7. The third-order valence-electron chi connectivity index (χ3n) is 3.19. The molecular weight excluding hydrogens is 380 g/mol. The molecule has 11 nitrogen and oxygen atoms in total. The van der Waals surface area contributed by atoms with E-state index in [1.807, 2.05) is 4.72 Å². The fourth-order valence-corrected chi connectivity index (χ4v) is 2.83. The van der Waals surface area contributed by atoms with Crippen LogP contribution in [0.25, 0.3) is 0 Å². The van der Waals surface area contributed by atoms with E-state index in [0.717, 1.165) is 36.5 Å². The van der Waals surface area contributed by atoms with Crippen LogP contribution in [0.5, 0.6) is 11.5 Å². The van der Waals surface area contributed by atoms with Gasteiger partial charge in [0.2, 0.25) is 10.0 Å². The van der Waals surface area contributed by atoms with Gasteiger partial charge in [-0.3, -0.25) is 14.9 Å². The van der Waals surface area contributed by atoms with Gasteiger partial charge in [-0.2, -0.15) is 5.10 Å². The summed E-state index contributed by atoms with van der Waals surface area (Å²) in [6, 6.07) is 7.90. The average molecular weight is 394 g/mol. The van der Waals surface area contributed by atoms with Gasteiger partial charge in [-0.25, -0.2) is 18.6 Å². The smallest absolute Gasteiger partial charge is 0.269 e. The van der Waals surface area contributed by atoms with E-state index in [1.54, 1.807) is 0 Å². The number of sulfonamides is 1. The number of phenolic OH excluding ortho intramolecular Hbond substituents is 2. The number of nitrogens with zero attached hydrogens (tertiary/aromatic N) is 2. The largest absolute Gasteiger partial charge is 0.508 e. The summed E-state index contributed by atoms with van der Waals surface area (Å²) in [4.78, 5) is 21.3. The van der Waals surface area contributed by atoms with Gasteiger partial charge < -0.3 is 10.2 Å². The number of nitro groups is 1. The lowest BCUT2D eigenvalue weighted by atomic mass is 10.2. The summed E-state index contributed by atoms with van der Waals surface area (Å²) in [6.07, 6.45) is 1.11. The van der Waals surface area contributed by atoms with E-state index in [0.29, 0.717) is 0 Å². The van der Waals surface area contributed by atoms with Gasteiger partial charge in [-0.1, -0.05) is 0 Å². The highest BCUT2D eigenvalue weighted by Gasteiger charge is 2.16. The van der Waals surface area contributed by atoms with Crippen LogP contribution in [-0.4, -0.2) is 42.2 Å². The van der Waals surface area contributed by atoms with Crippen molar-refractivity contribution in [2.24, 2.45) is 5.10 Å². The molecule has 2 aromatic rings. The molecule has 1 amide bonds. The molecule has 2 rings (SSSR count). The van der Waals surface area contributed by atoms with Gasteiger partial charge in [0.25, 0.3) is 11.6 Å². The van der Waals surface area contributed by atoms with Gasteiger partial charge in [0, 0.05) is 23.8 Å². The van der Waals surface area contributed by atoms with Gasteiger partial charge in [0.15, 0.2) is 0 Å². The fourth-order valence-electron chi connectivity index (χ4n) is 1.85. The first kappa shape index (κ1) is 19.8. The van der Waals surface area contributed by atoms with E-state index in [-0.39, 0.29) is 27.6 Å². The number of phenols is 2. The molecule has 0 aliphatic carbocycles. The molecule has 12 heteroatoms. The Bertz CT molecular complexity index is 988. The van der Waals surface area contributed by atoms with Crippen LogP contribution in [0.4, 0.5) is 5.69 Å². The van der Waals surface area contributed by atoms with Crippen LogP contribution in [0.2, 0.25) is 0 Å². The Kier molecular flexibility index (Phi) is 6.05. The molecule has 0 spiro atoms. The topological polar surface area (TPSA) is 171 Å². The van der Waals surface area contributed by atoms with Crippen LogP contribution in [0.15, 0.2) is 52.5 Å². The van der Waals surface area contributed by atoms with Crippen molar-refractivity contribution in [3.05, 3.63) is 58.1 Å². The van der Waals surface area contributed by atoms with E-state index < -0.39 is 27.4 Å². The monoisotopic (exact) mass is 394 g/mol. The van der Waals surface area contributed by atoms with Crippen LogP contribution in [0, 0.1) is 10.1 Å². The van der Waals surface area contributed by atoms with Gasteiger partial charge in [-0.05, 0) is 24.3 Å². The quantitative estimate of drug-likeness (QED) is 0.299. The second kappa shape index (κ2) is 8.25. The number of hydrogen-bond acceptors (Lipinski definition) is 8. The van der Waals surface area contributed by atoms with Crippen molar-refractivity contribution in [3.8, 4) is 11.5 Å². The number of hydrogen-bond donors (Lipinski definition) is 4. The van der Waals surface area contributed by atoms with E-state index in [9.17, 15) is 28.4 Å². The van der Waals surface area contributed by atoms with Crippen LogP contribution < -0.4 is 10.1 Å². The Morgan fingerprint density at radius 1 is 1.19 bits per heavy atom. The summed E-state index contributed by atoms with van der Waals surface area (Å²) in [5.74, 6) is -1.18. The Labute approximate surface area is 153 Å². The lowest BCUT2D eigenvalue weighted by Crippen LogP contribution is -2.34. The zero-order chi connectivity index (χ0) is 20.0. The van der Waals surface area contributed by atoms with Gasteiger partial charge in [0.05, 0.1) is 22.6 Å². The van der Waals surface area contributed by atoms with Crippen LogP contribution in [-0.2, 0) is 14.8 Å². The molecular formula is C15H14N4O7S. The molecule has 0 aliphatic heterocycles. The molecule has 0 unspecified atom stereocenters. The third kappa shape index (κ3) is 5.49. The molecule has 27 heavy (non-hydrogen) atoms. The maximum absolute atomic E-state index is 12.0. The predicted octanol–water partition coefficient (Wildman–Crippen LogP) is 0.435. The van der Waals surface area contributed by atoms with Crippen molar-refractivity contribution in [1.29, 1.82) is 0 Å². The predicted molar refractivity (Wildman–Crippen MR) is 93.8 cm³/mol. The summed E-state index contributed by atoms with van der Waals surface area (Å²) in [5.41, 5.74) is 2.02. The number of nitrogens with one attached hydrogen (secondary N) is 2. The Balaban J connectivity index is 1.92. The minimum absolute atomic E-state index is 0.144. The first-order valence-electron chi connectivity index (χ1n) is 7.27. The number of hydrazone groups is 1. The van der Waals surface area contributed by atoms with Crippen molar-refractivity contribution in [3.63, 3.8) is 0 Å². The zero-order valence-corrected chi connectivity index (χ0v) is 14.4. The molecule has 142 valence electrons. The summed E-state index contributed by atoms with van der Waals surface area (Å²) in [7, 11) is -4.04. The van der Waals surface area contributed by atoms with Crippen LogP contribution in [0.3, 0.4) is 0 Å². The van der Waals surface area contributed by atoms with Crippen molar-refractivity contribution >= 4 is 27.8 Å². The number of carbonyl (C=O) groups is 1. The third-order valence-corrected chi connectivity index (χ3v) is 4.60. The van der Waals surface area contributed by atoms with Gasteiger partial charge in [0.1, 0.15) is 11.5 Å². The Hall–Kier alpha value is -3.51. The molecule has 0 saturated carbocycles. The number of benzene rings is 2. The molecule has 0 fully saturated rings. The van der Waals surface area contributed by atoms with E-state index in [2.05, 4.69) is 10.5 Å². The lowest BCUT2D eigenvalue weighted by Gasteiger charge is -2.05. The zero-order valence-electron chi connectivity index (χ0n) is 13.6. The van der Waals surface area contributed by atoms with E-state index in [4.69, 9.17) is 5.11 Å². The summed E-state index contributed by atoms with van der Waals surface area (Å²) < 4.78 is 26.1. The number of carbonyl (C=O) groups excluding carboxylic acids is 1. The van der Waals surface area contributed by atoms with E-state index in [1.165, 1.54) is 12.1 Å². The molecule has 0 aromatic heterocycles. The average Bonchev–Trinajstić information content (AvgIpc) is 2.62. The minimum Gasteiger partial charge on any atom is -0.508 e. The number of nitro benzene ring substituents is 1. The summed E-state index contributed by atoms with van der Waals surface area (Å²) in [5, 5.41) is 32.8. The second-order valence-electron chi connectivity index (χ2n) is 5.11.